The molecule has 1 aliphatic heterocycles. The molecule has 0 atom stereocenters. The Kier molecular flexibility index (Phi) is 6.15. The third-order valence-corrected chi connectivity index (χ3v) is 6.43. The number of carbonyl (C=O) groups excluding carboxylic acids is 1. The first-order chi connectivity index (χ1) is 13.4. The second kappa shape index (κ2) is 8.57. The summed E-state index contributed by atoms with van der Waals surface area (Å²) in [6, 6.07) is 12.1. The average Bonchev–Trinajstić information content (AvgIpc) is 2.72. The Balaban J connectivity index is 1.55. The normalized spacial score (nSPS) is 15.3. The zero-order valence-corrected chi connectivity index (χ0v) is 16.3. The van der Waals surface area contributed by atoms with Crippen molar-refractivity contribution < 1.29 is 22.3 Å². The standard InChI is InChI=1S/C19H22FN3O4S/c1-27-17-6-2-4-15(12-17)14-21-19(24)22-8-10-23(11-9-22)28(25,26)18-7-3-5-16(20)13-18/h2-7,12-13H,8-11,14H2,1H3,(H,21,24). The Bertz CT molecular complexity index is 944. The van der Waals surface area contributed by atoms with Gasteiger partial charge in [-0.3, -0.25) is 0 Å². The molecule has 0 unspecified atom stereocenters. The van der Waals surface area contributed by atoms with E-state index in [2.05, 4.69) is 5.32 Å². The van der Waals surface area contributed by atoms with Gasteiger partial charge >= 0.3 is 6.03 Å². The maximum Gasteiger partial charge on any atom is 0.317 e. The van der Waals surface area contributed by atoms with Crippen molar-refractivity contribution in [3.8, 4) is 5.75 Å². The molecule has 1 saturated heterocycles. The Morgan fingerprint density at radius 1 is 1.11 bits per heavy atom. The minimum absolute atomic E-state index is 0.0802. The van der Waals surface area contributed by atoms with Crippen molar-refractivity contribution in [1.29, 1.82) is 0 Å². The topological polar surface area (TPSA) is 79.0 Å². The van der Waals surface area contributed by atoms with Crippen LogP contribution in [-0.4, -0.2) is 56.9 Å². The first-order valence-corrected chi connectivity index (χ1v) is 10.3. The van der Waals surface area contributed by atoms with Gasteiger partial charge < -0.3 is 15.0 Å². The number of hydrogen-bond donors (Lipinski definition) is 1. The van der Waals surface area contributed by atoms with Crippen LogP contribution in [0.3, 0.4) is 0 Å². The Hall–Kier alpha value is -2.65. The molecule has 2 amide bonds. The molecule has 9 heteroatoms. The molecule has 28 heavy (non-hydrogen) atoms. The smallest absolute Gasteiger partial charge is 0.317 e. The van der Waals surface area contributed by atoms with Gasteiger partial charge in [-0.25, -0.2) is 17.6 Å². The first kappa shape index (κ1) is 20.1. The number of benzene rings is 2. The van der Waals surface area contributed by atoms with Crippen LogP contribution in [0.1, 0.15) is 5.56 Å². The molecule has 1 N–H and O–H groups in total. The fourth-order valence-corrected chi connectivity index (χ4v) is 4.43. The third kappa shape index (κ3) is 4.60. The molecular formula is C19H22FN3O4S. The number of ether oxygens (including phenoxy) is 1. The van der Waals surface area contributed by atoms with Crippen LogP contribution in [-0.2, 0) is 16.6 Å². The molecule has 0 aromatic heterocycles. The van der Waals surface area contributed by atoms with Gasteiger partial charge in [-0.1, -0.05) is 18.2 Å². The molecular weight excluding hydrogens is 385 g/mol. The zero-order valence-electron chi connectivity index (χ0n) is 15.5. The molecule has 0 spiro atoms. The lowest BCUT2D eigenvalue weighted by Gasteiger charge is -2.34. The summed E-state index contributed by atoms with van der Waals surface area (Å²) in [6.07, 6.45) is 0. The Morgan fingerprint density at radius 3 is 2.50 bits per heavy atom. The van der Waals surface area contributed by atoms with Crippen LogP contribution in [0.2, 0.25) is 0 Å². The zero-order chi connectivity index (χ0) is 20.1. The maximum absolute atomic E-state index is 13.4. The molecule has 150 valence electrons. The van der Waals surface area contributed by atoms with E-state index >= 15 is 0 Å². The number of urea groups is 1. The maximum atomic E-state index is 13.4. The number of rotatable bonds is 5. The predicted molar refractivity (Wildman–Crippen MR) is 102 cm³/mol. The molecule has 1 aliphatic rings. The van der Waals surface area contributed by atoms with E-state index in [0.29, 0.717) is 12.3 Å². The summed E-state index contributed by atoms with van der Waals surface area (Å²) in [4.78, 5) is 13.8. The quantitative estimate of drug-likeness (QED) is 0.823. The monoisotopic (exact) mass is 407 g/mol. The second-order valence-electron chi connectivity index (χ2n) is 6.36. The highest BCUT2D eigenvalue weighted by atomic mass is 32.2. The lowest BCUT2D eigenvalue weighted by atomic mass is 10.2. The van der Waals surface area contributed by atoms with E-state index in [1.807, 2.05) is 24.3 Å². The van der Waals surface area contributed by atoms with E-state index in [1.54, 1.807) is 12.0 Å². The Labute approximate surface area is 163 Å². The highest BCUT2D eigenvalue weighted by Crippen LogP contribution is 2.18. The fraction of sp³-hybridized carbons (Fsp3) is 0.316. The number of hydrogen-bond acceptors (Lipinski definition) is 4. The van der Waals surface area contributed by atoms with E-state index in [0.717, 1.165) is 11.6 Å². The molecule has 1 fully saturated rings. The highest BCUT2D eigenvalue weighted by molar-refractivity contribution is 7.89. The van der Waals surface area contributed by atoms with Crippen molar-refractivity contribution in [3.05, 3.63) is 59.9 Å². The summed E-state index contributed by atoms with van der Waals surface area (Å²) < 4.78 is 45.0. The first-order valence-electron chi connectivity index (χ1n) is 8.81. The van der Waals surface area contributed by atoms with Gasteiger partial charge in [0.1, 0.15) is 11.6 Å². The van der Waals surface area contributed by atoms with Crippen molar-refractivity contribution in [2.75, 3.05) is 33.3 Å². The third-order valence-electron chi connectivity index (χ3n) is 4.54. The van der Waals surface area contributed by atoms with Gasteiger partial charge in [0.15, 0.2) is 0 Å². The van der Waals surface area contributed by atoms with Crippen LogP contribution in [0.15, 0.2) is 53.4 Å². The van der Waals surface area contributed by atoms with Crippen LogP contribution in [0.4, 0.5) is 9.18 Å². The van der Waals surface area contributed by atoms with Crippen molar-refractivity contribution >= 4 is 16.1 Å². The summed E-state index contributed by atoms with van der Waals surface area (Å²) in [7, 11) is -2.20. The summed E-state index contributed by atoms with van der Waals surface area (Å²) in [5.41, 5.74) is 0.903. The van der Waals surface area contributed by atoms with Crippen LogP contribution >= 0.6 is 0 Å². The molecule has 7 nitrogen and oxygen atoms in total. The summed E-state index contributed by atoms with van der Waals surface area (Å²) in [5, 5.41) is 2.83. The molecule has 2 aromatic rings. The number of carbonyl (C=O) groups is 1. The molecule has 1 heterocycles. The van der Waals surface area contributed by atoms with Gasteiger partial charge in [0, 0.05) is 32.7 Å². The molecule has 0 saturated carbocycles. The van der Waals surface area contributed by atoms with E-state index < -0.39 is 15.8 Å². The van der Waals surface area contributed by atoms with E-state index in [-0.39, 0.29) is 37.1 Å². The number of halogens is 1. The van der Waals surface area contributed by atoms with Crippen LogP contribution in [0.5, 0.6) is 5.75 Å². The number of amides is 2. The predicted octanol–water partition coefficient (Wildman–Crippen LogP) is 2.05. The number of nitrogens with one attached hydrogen (secondary N) is 1. The fourth-order valence-electron chi connectivity index (χ4n) is 2.98. The number of sulfonamides is 1. The van der Waals surface area contributed by atoms with E-state index in [9.17, 15) is 17.6 Å². The minimum atomic E-state index is -3.78. The van der Waals surface area contributed by atoms with Crippen LogP contribution in [0, 0.1) is 5.82 Å². The van der Waals surface area contributed by atoms with Gasteiger partial charge in [0.25, 0.3) is 0 Å². The lowest BCUT2D eigenvalue weighted by Crippen LogP contribution is -2.52. The van der Waals surface area contributed by atoms with Crippen molar-refractivity contribution in [2.45, 2.75) is 11.4 Å². The molecule has 0 radical (unpaired) electrons. The van der Waals surface area contributed by atoms with Gasteiger partial charge in [0.05, 0.1) is 12.0 Å². The van der Waals surface area contributed by atoms with Gasteiger partial charge in [0.2, 0.25) is 10.0 Å². The second-order valence-corrected chi connectivity index (χ2v) is 8.30. The molecule has 2 aromatic carbocycles. The molecule has 0 bridgehead atoms. The van der Waals surface area contributed by atoms with Crippen LogP contribution < -0.4 is 10.1 Å². The lowest BCUT2D eigenvalue weighted by molar-refractivity contribution is 0.172. The molecule has 3 rings (SSSR count). The summed E-state index contributed by atoms with van der Waals surface area (Å²) >= 11 is 0. The van der Waals surface area contributed by atoms with Crippen molar-refractivity contribution in [3.63, 3.8) is 0 Å². The van der Waals surface area contributed by atoms with Gasteiger partial charge in [-0.15, -0.1) is 0 Å². The largest absolute Gasteiger partial charge is 0.497 e. The summed E-state index contributed by atoms with van der Waals surface area (Å²) in [6.45, 7) is 1.19. The SMILES string of the molecule is COc1cccc(CNC(=O)N2CCN(S(=O)(=O)c3cccc(F)c3)CC2)c1. The minimum Gasteiger partial charge on any atom is -0.497 e. The van der Waals surface area contributed by atoms with E-state index in [4.69, 9.17) is 4.74 Å². The van der Waals surface area contributed by atoms with Gasteiger partial charge in [-0.2, -0.15) is 4.31 Å². The highest BCUT2D eigenvalue weighted by Gasteiger charge is 2.30. The summed E-state index contributed by atoms with van der Waals surface area (Å²) in [5.74, 6) is 0.111. The van der Waals surface area contributed by atoms with E-state index in [1.165, 1.54) is 22.5 Å². The number of methoxy groups -OCH3 is 1. The van der Waals surface area contributed by atoms with Crippen LogP contribution in [0.25, 0.3) is 0 Å². The van der Waals surface area contributed by atoms with Gasteiger partial charge in [-0.05, 0) is 35.9 Å². The Morgan fingerprint density at radius 2 is 1.82 bits per heavy atom. The van der Waals surface area contributed by atoms with Crippen molar-refractivity contribution in [1.82, 2.24) is 14.5 Å². The van der Waals surface area contributed by atoms with Crippen molar-refractivity contribution in [2.24, 2.45) is 0 Å². The average molecular weight is 407 g/mol. The molecule has 0 aliphatic carbocycles. The number of piperazine rings is 1. The number of nitrogens with zero attached hydrogens (tertiary/aromatic N) is 2.